The Morgan fingerprint density at radius 1 is 1.42 bits per heavy atom. The highest BCUT2D eigenvalue weighted by atomic mass is 32.2. The monoisotopic (exact) mass is 278 g/mol. The molecule has 19 heavy (non-hydrogen) atoms. The predicted molar refractivity (Wildman–Crippen MR) is 80.3 cm³/mol. The van der Waals surface area contributed by atoms with Gasteiger partial charge in [-0.1, -0.05) is 19.1 Å². The SMILES string of the molecule is CCCNCc1cccc(SCC(=O)NC2CC2)c1. The van der Waals surface area contributed by atoms with Crippen LogP contribution >= 0.6 is 11.8 Å². The molecule has 2 rings (SSSR count). The van der Waals surface area contributed by atoms with Crippen LogP contribution in [0.3, 0.4) is 0 Å². The molecule has 0 unspecified atom stereocenters. The molecule has 104 valence electrons. The highest BCUT2D eigenvalue weighted by Crippen LogP contribution is 2.21. The summed E-state index contributed by atoms with van der Waals surface area (Å²) < 4.78 is 0. The average Bonchev–Trinajstić information content (AvgIpc) is 3.21. The summed E-state index contributed by atoms with van der Waals surface area (Å²) in [5, 5.41) is 6.40. The third kappa shape index (κ3) is 5.66. The minimum absolute atomic E-state index is 0.155. The van der Waals surface area contributed by atoms with Crippen molar-refractivity contribution in [2.45, 2.75) is 43.7 Å². The average molecular weight is 278 g/mol. The van der Waals surface area contributed by atoms with Crippen molar-refractivity contribution in [1.29, 1.82) is 0 Å². The number of nitrogens with one attached hydrogen (secondary N) is 2. The van der Waals surface area contributed by atoms with Gasteiger partial charge >= 0.3 is 0 Å². The van der Waals surface area contributed by atoms with E-state index >= 15 is 0 Å². The summed E-state index contributed by atoms with van der Waals surface area (Å²) in [6.45, 7) is 4.11. The van der Waals surface area contributed by atoms with Crippen molar-refractivity contribution in [2.24, 2.45) is 0 Å². The topological polar surface area (TPSA) is 41.1 Å². The van der Waals surface area contributed by atoms with Crippen LogP contribution in [0.4, 0.5) is 0 Å². The second-order valence-electron chi connectivity index (χ2n) is 4.95. The lowest BCUT2D eigenvalue weighted by molar-refractivity contribution is -0.118. The molecule has 4 heteroatoms. The summed E-state index contributed by atoms with van der Waals surface area (Å²) >= 11 is 1.61. The zero-order valence-electron chi connectivity index (χ0n) is 11.4. The van der Waals surface area contributed by atoms with Gasteiger partial charge in [0.1, 0.15) is 0 Å². The quantitative estimate of drug-likeness (QED) is 0.567. The van der Waals surface area contributed by atoms with Gasteiger partial charge in [0, 0.05) is 17.5 Å². The van der Waals surface area contributed by atoms with E-state index in [1.807, 2.05) is 0 Å². The highest BCUT2D eigenvalue weighted by molar-refractivity contribution is 8.00. The van der Waals surface area contributed by atoms with Crippen molar-refractivity contribution >= 4 is 17.7 Å². The van der Waals surface area contributed by atoms with Gasteiger partial charge in [-0.2, -0.15) is 0 Å². The van der Waals surface area contributed by atoms with Crippen molar-refractivity contribution in [2.75, 3.05) is 12.3 Å². The van der Waals surface area contributed by atoms with E-state index in [1.54, 1.807) is 11.8 Å². The lowest BCUT2D eigenvalue weighted by Crippen LogP contribution is -2.26. The molecule has 1 aliphatic rings. The summed E-state index contributed by atoms with van der Waals surface area (Å²) in [7, 11) is 0. The van der Waals surface area contributed by atoms with E-state index in [0.717, 1.165) is 32.4 Å². The van der Waals surface area contributed by atoms with E-state index < -0.39 is 0 Å². The largest absolute Gasteiger partial charge is 0.353 e. The number of rotatable bonds is 8. The van der Waals surface area contributed by atoms with Gasteiger partial charge in [-0.05, 0) is 43.5 Å². The molecule has 0 spiro atoms. The number of hydrogen-bond donors (Lipinski definition) is 2. The Morgan fingerprint density at radius 2 is 2.26 bits per heavy atom. The Morgan fingerprint density at radius 3 is 3.00 bits per heavy atom. The molecule has 1 amide bonds. The van der Waals surface area contributed by atoms with E-state index in [-0.39, 0.29) is 5.91 Å². The molecule has 0 aromatic heterocycles. The summed E-state index contributed by atoms with van der Waals surface area (Å²) in [6.07, 6.45) is 3.44. The molecule has 0 saturated heterocycles. The molecule has 0 heterocycles. The van der Waals surface area contributed by atoms with E-state index in [1.165, 1.54) is 10.5 Å². The molecule has 1 saturated carbocycles. The van der Waals surface area contributed by atoms with Crippen LogP contribution < -0.4 is 10.6 Å². The first-order valence-corrected chi connectivity index (χ1v) is 7.98. The second kappa shape index (κ2) is 7.56. The van der Waals surface area contributed by atoms with Crippen LogP contribution in [0, 0.1) is 0 Å². The maximum Gasteiger partial charge on any atom is 0.230 e. The van der Waals surface area contributed by atoms with Crippen LogP contribution in [0.5, 0.6) is 0 Å². The first kappa shape index (κ1) is 14.4. The number of benzene rings is 1. The van der Waals surface area contributed by atoms with Crippen LogP contribution in [-0.2, 0) is 11.3 Å². The van der Waals surface area contributed by atoms with Gasteiger partial charge in [0.05, 0.1) is 5.75 Å². The molecule has 1 aromatic carbocycles. The molecule has 0 atom stereocenters. The van der Waals surface area contributed by atoms with Crippen LogP contribution in [0.25, 0.3) is 0 Å². The summed E-state index contributed by atoms with van der Waals surface area (Å²) in [6, 6.07) is 8.87. The van der Waals surface area contributed by atoms with Gasteiger partial charge in [0.2, 0.25) is 5.91 Å². The Hall–Kier alpha value is -1.00. The number of carbonyl (C=O) groups excluding carboxylic acids is 1. The fourth-order valence-electron chi connectivity index (χ4n) is 1.80. The van der Waals surface area contributed by atoms with Crippen molar-refractivity contribution in [3.8, 4) is 0 Å². The highest BCUT2D eigenvalue weighted by Gasteiger charge is 2.22. The molecule has 3 nitrogen and oxygen atoms in total. The van der Waals surface area contributed by atoms with E-state index in [0.29, 0.717) is 11.8 Å². The third-order valence-corrected chi connectivity index (χ3v) is 3.96. The molecular weight excluding hydrogens is 256 g/mol. The van der Waals surface area contributed by atoms with Crippen LogP contribution in [-0.4, -0.2) is 24.2 Å². The van der Waals surface area contributed by atoms with Gasteiger partial charge in [0.25, 0.3) is 0 Å². The van der Waals surface area contributed by atoms with Crippen molar-refractivity contribution in [3.05, 3.63) is 29.8 Å². The zero-order chi connectivity index (χ0) is 13.5. The minimum Gasteiger partial charge on any atom is -0.353 e. The fraction of sp³-hybridized carbons (Fsp3) is 0.533. The second-order valence-corrected chi connectivity index (χ2v) is 6.00. The van der Waals surface area contributed by atoms with E-state index in [2.05, 4.69) is 41.8 Å². The summed E-state index contributed by atoms with van der Waals surface area (Å²) in [5.41, 5.74) is 1.28. The molecule has 0 aliphatic heterocycles. The normalized spacial score (nSPS) is 14.4. The number of carbonyl (C=O) groups is 1. The molecule has 1 aliphatic carbocycles. The molecular formula is C15H22N2OS. The maximum absolute atomic E-state index is 11.6. The molecule has 0 bridgehead atoms. The Bertz CT molecular complexity index is 418. The Balaban J connectivity index is 1.75. The van der Waals surface area contributed by atoms with Gasteiger partial charge in [-0.25, -0.2) is 0 Å². The third-order valence-electron chi connectivity index (χ3n) is 2.97. The first-order valence-electron chi connectivity index (χ1n) is 6.99. The number of hydrogen-bond acceptors (Lipinski definition) is 3. The minimum atomic E-state index is 0.155. The van der Waals surface area contributed by atoms with Crippen molar-refractivity contribution < 1.29 is 4.79 Å². The van der Waals surface area contributed by atoms with Gasteiger partial charge in [-0.15, -0.1) is 11.8 Å². The maximum atomic E-state index is 11.6. The summed E-state index contributed by atoms with van der Waals surface area (Å²) in [4.78, 5) is 12.8. The standard InChI is InChI=1S/C15H22N2OS/c1-2-8-16-10-12-4-3-5-14(9-12)19-11-15(18)17-13-6-7-13/h3-5,9,13,16H,2,6-8,10-11H2,1H3,(H,17,18). The molecule has 1 aromatic rings. The lowest BCUT2D eigenvalue weighted by atomic mass is 10.2. The lowest BCUT2D eigenvalue weighted by Gasteiger charge is -2.06. The predicted octanol–water partition coefficient (Wildman–Crippen LogP) is 2.56. The smallest absolute Gasteiger partial charge is 0.230 e. The number of amides is 1. The van der Waals surface area contributed by atoms with Gasteiger partial charge in [0.15, 0.2) is 0 Å². The van der Waals surface area contributed by atoms with Gasteiger partial charge in [-0.3, -0.25) is 4.79 Å². The fourth-order valence-corrected chi connectivity index (χ4v) is 2.59. The first-order chi connectivity index (χ1) is 9.28. The Kier molecular flexibility index (Phi) is 5.73. The Labute approximate surface area is 119 Å². The van der Waals surface area contributed by atoms with Crippen molar-refractivity contribution in [1.82, 2.24) is 10.6 Å². The van der Waals surface area contributed by atoms with Crippen LogP contribution in [0.15, 0.2) is 29.2 Å². The van der Waals surface area contributed by atoms with Crippen LogP contribution in [0.1, 0.15) is 31.7 Å². The van der Waals surface area contributed by atoms with E-state index in [4.69, 9.17) is 0 Å². The molecule has 1 fully saturated rings. The molecule has 0 radical (unpaired) electrons. The summed E-state index contributed by atoms with van der Waals surface area (Å²) in [5.74, 6) is 0.671. The molecule has 2 N–H and O–H groups in total. The zero-order valence-corrected chi connectivity index (χ0v) is 12.3. The van der Waals surface area contributed by atoms with E-state index in [9.17, 15) is 4.79 Å². The van der Waals surface area contributed by atoms with Crippen LogP contribution in [0.2, 0.25) is 0 Å². The number of thioether (sulfide) groups is 1. The van der Waals surface area contributed by atoms with Crippen molar-refractivity contribution in [3.63, 3.8) is 0 Å². The van der Waals surface area contributed by atoms with Gasteiger partial charge < -0.3 is 10.6 Å².